The van der Waals surface area contributed by atoms with Gasteiger partial charge in [0.2, 0.25) is 11.9 Å². The van der Waals surface area contributed by atoms with Crippen molar-refractivity contribution in [3.8, 4) is 17.1 Å². The minimum Gasteiger partial charge on any atom is -0.467 e. The number of nitrogens with zero attached hydrogens (tertiary/aromatic N) is 4. The third-order valence-corrected chi connectivity index (χ3v) is 4.04. The van der Waals surface area contributed by atoms with E-state index in [4.69, 9.17) is 9.15 Å². The highest BCUT2D eigenvalue weighted by atomic mass is 16.5. The molecule has 0 unspecified atom stereocenters. The van der Waals surface area contributed by atoms with Gasteiger partial charge >= 0.3 is 6.01 Å². The lowest BCUT2D eigenvalue weighted by molar-refractivity contribution is 0.312. The standard InChI is InChI=1S/C21H20N6O2/c1-2-28-21-26-19(23-14-18-4-3-13-29-18)25-20(27-21)24-17-7-5-15(6-8-17)16-9-11-22-12-10-16/h3-13H,2,14H2,1H3,(H2,23,24,25,26,27). The minimum atomic E-state index is 0.250. The van der Waals surface area contributed by atoms with Crippen LogP contribution in [0, 0.1) is 0 Å². The van der Waals surface area contributed by atoms with Crippen LogP contribution in [-0.4, -0.2) is 26.5 Å². The van der Waals surface area contributed by atoms with E-state index in [0.29, 0.717) is 25.0 Å². The minimum absolute atomic E-state index is 0.250. The summed E-state index contributed by atoms with van der Waals surface area (Å²) >= 11 is 0. The summed E-state index contributed by atoms with van der Waals surface area (Å²) in [6.45, 7) is 2.80. The Bertz CT molecular complexity index is 1040. The van der Waals surface area contributed by atoms with Gasteiger partial charge in [0.1, 0.15) is 5.76 Å². The molecule has 0 aliphatic rings. The average Bonchev–Trinajstić information content (AvgIpc) is 3.27. The lowest BCUT2D eigenvalue weighted by atomic mass is 10.1. The molecule has 0 amide bonds. The molecule has 0 fully saturated rings. The van der Waals surface area contributed by atoms with Gasteiger partial charge in [0, 0.05) is 18.1 Å². The van der Waals surface area contributed by atoms with E-state index in [2.05, 4.69) is 30.6 Å². The first-order chi connectivity index (χ1) is 14.3. The molecule has 0 spiro atoms. The first kappa shape index (κ1) is 18.4. The van der Waals surface area contributed by atoms with Crippen molar-refractivity contribution < 1.29 is 9.15 Å². The van der Waals surface area contributed by atoms with Crippen LogP contribution in [0.4, 0.5) is 17.6 Å². The maximum atomic E-state index is 5.47. The predicted molar refractivity (Wildman–Crippen MR) is 110 cm³/mol. The van der Waals surface area contributed by atoms with E-state index in [1.54, 1.807) is 18.7 Å². The van der Waals surface area contributed by atoms with Gasteiger partial charge in [0.15, 0.2) is 0 Å². The number of hydrogen-bond donors (Lipinski definition) is 2. The van der Waals surface area contributed by atoms with Gasteiger partial charge in [-0.2, -0.15) is 15.0 Å². The van der Waals surface area contributed by atoms with Crippen molar-refractivity contribution in [2.75, 3.05) is 17.2 Å². The Balaban J connectivity index is 1.50. The molecule has 0 aliphatic heterocycles. The second-order valence-corrected chi connectivity index (χ2v) is 6.07. The topological polar surface area (TPSA) is 98.0 Å². The smallest absolute Gasteiger partial charge is 0.323 e. The van der Waals surface area contributed by atoms with Gasteiger partial charge in [0.25, 0.3) is 0 Å². The molecule has 0 aliphatic carbocycles. The highest BCUT2D eigenvalue weighted by Gasteiger charge is 2.09. The van der Waals surface area contributed by atoms with E-state index in [0.717, 1.165) is 22.6 Å². The monoisotopic (exact) mass is 388 g/mol. The summed E-state index contributed by atoms with van der Waals surface area (Å²) in [6, 6.07) is 15.9. The molecule has 1 aromatic carbocycles. The van der Waals surface area contributed by atoms with E-state index in [1.807, 2.05) is 55.5 Å². The van der Waals surface area contributed by atoms with Gasteiger partial charge in [-0.05, 0) is 54.4 Å². The van der Waals surface area contributed by atoms with E-state index in [9.17, 15) is 0 Å². The number of furan rings is 1. The molecule has 4 rings (SSSR count). The Kier molecular flexibility index (Phi) is 5.61. The second-order valence-electron chi connectivity index (χ2n) is 6.07. The number of anilines is 3. The zero-order valence-corrected chi connectivity index (χ0v) is 15.9. The van der Waals surface area contributed by atoms with Crippen molar-refractivity contribution in [2.45, 2.75) is 13.5 Å². The van der Waals surface area contributed by atoms with Crippen LogP contribution >= 0.6 is 0 Å². The highest BCUT2D eigenvalue weighted by molar-refractivity contribution is 5.66. The lowest BCUT2D eigenvalue weighted by Crippen LogP contribution is -2.09. The maximum Gasteiger partial charge on any atom is 0.323 e. The third kappa shape index (κ3) is 4.86. The molecule has 0 atom stereocenters. The van der Waals surface area contributed by atoms with Crippen molar-refractivity contribution >= 4 is 17.6 Å². The van der Waals surface area contributed by atoms with Crippen LogP contribution in [0.15, 0.2) is 71.6 Å². The van der Waals surface area contributed by atoms with Crippen molar-refractivity contribution in [2.24, 2.45) is 0 Å². The van der Waals surface area contributed by atoms with Crippen molar-refractivity contribution in [1.29, 1.82) is 0 Å². The molecule has 3 heterocycles. The third-order valence-electron chi connectivity index (χ3n) is 4.04. The SMILES string of the molecule is CCOc1nc(NCc2ccco2)nc(Nc2ccc(-c3ccncc3)cc2)n1. The largest absolute Gasteiger partial charge is 0.467 e. The quantitative estimate of drug-likeness (QED) is 0.461. The van der Waals surface area contributed by atoms with Crippen LogP contribution in [0.2, 0.25) is 0 Å². The number of pyridine rings is 1. The van der Waals surface area contributed by atoms with Crippen LogP contribution < -0.4 is 15.4 Å². The van der Waals surface area contributed by atoms with Crippen LogP contribution in [-0.2, 0) is 6.54 Å². The molecule has 0 saturated heterocycles. The number of ether oxygens (including phenoxy) is 1. The molecule has 4 aromatic rings. The summed E-state index contributed by atoms with van der Waals surface area (Å²) in [5, 5.41) is 6.32. The normalized spacial score (nSPS) is 10.5. The van der Waals surface area contributed by atoms with E-state index < -0.39 is 0 Å². The van der Waals surface area contributed by atoms with Crippen molar-refractivity contribution in [3.63, 3.8) is 0 Å². The fourth-order valence-corrected chi connectivity index (χ4v) is 2.68. The molecule has 29 heavy (non-hydrogen) atoms. The summed E-state index contributed by atoms with van der Waals surface area (Å²) in [6.07, 6.45) is 5.18. The van der Waals surface area contributed by atoms with Crippen LogP contribution in [0.5, 0.6) is 6.01 Å². The van der Waals surface area contributed by atoms with Crippen molar-refractivity contribution in [3.05, 3.63) is 72.9 Å². The summed E-state index contributed by atoms with van der Waals surface area (Å²) < 4.78 is 10.8. The molecule has 8 nitrogen and oxygen atoms in total. The van der Waals surface area contributed by atoms with E-state index in [-0.39, 0.29) is 6.01 Å². The fraction of sp³-hybridized carbons (Fsp3) is 0.143. The molecule has 0 saturated carbocycles. The number of benzene rings is 1. The summed E-state index contributed by atoms with van der Waals surface area (Å²) in [5.74, 6) is 1.57. The van der Waals surface area contributed by atoms with Gasteiger partial charge in [0.05, 0.1) is 19.4 Å². The van der Waals surface area contributed by atoms with Crippen LogP contribution in [0.1, 0.15) is 12.7 Å². The summed E-state index contributed by atoms with van der Waals surface area (Å²) in [4.78, 5) is 17.1. The Morgan fingerprint density at radius 1 is 0.897 bits per heavy atom. The van der Waals surface area contributed by atoms with E-state index >= 15 is 0 Å². The Morgan fingerprint density at radius 2 is 1.66 bits per heavy atom. The Hall–Kier alpha value is -3.94. The number of hydrogen-bond acceptors (Lipinski definition) is 8. The molecule has 146 valence electrons. The second kappa shape index (κ2) is 8.83. The van der Waals surface area contributed by atoms with Gasteiger partial charge in [-0.15, -0.1) is 0 Å². The Labute approximate surface area is 168 Å². The molecule has 0 bridgehead atoms. The van der Waals surface area contributed by atoms with Crippen LogP contribution in [0.3, 0.4) is 0 Å². The predicted octanol–water partition coefficient (Wildman–Crippen LogP) is 4.28. The molecular formula is C21H20N6O2. The highest BCUT2D eigenvalue weighted by Crippen LogP contribution is 2.22. The summed E-state index contributed by atoms with van der Waals surface area (Å²) in [5.41, 5.74) is 3.06. The molecule has 0 radical (unpaired) electrons. The average molecular weight is 388 g/mol. The number of nitrogens with one attached hydrogen (secondary N) is 2. The lowest BCUT2D eigenvalue weighted by Gasteiger charge is -2.10. The molecule has 3 aromatic heterocycles. The number of aromatic nitrogens is 4. The van der Waals surface area contributed by atoms with Crippen molar-refractivity contribution in [1.82, 2.24) is 19.9 Å². The number of rotatable bonds is 8. The molecule has 8 heteroatoms. The summed E-state index contributed by atoms with van der Waals surface area (Å²) in [7, 11) is 0. The zero-order valence-electron chi connectivity index (χ0n) is 15.9. The first-order valence-corrected chi connectivity index (χ1v) is 9.23. The Morgan fingerprint density at radius 3 is 2.38 bits per heavy atom. The molecular weight excluding hydrogens is 368 g/mol. The molecule has 2 N–H and O–H groups in total. The first-order valence-electron chi connectivity index (χ1n) is 9.23. The van der Waals surface area contributed by atoms with E-state index in [1.165, 1.54) is 0 Å². The zero-order chi connectivity index (χ0) is 19.9. The van der Waals surface area contributed by atoms with Gasteiger partial charge in [-0.1, -0.05) is 12.1 Å². The fourth-order valence-electron chi connectivity index (χ4n) is 2.68. The van der Waals surface area contributed by atoms with Gasteiger partial charge in [-0.25, -0.2) is 0 Å². The van der Waals surface area contributed by atoms with Gasteiger partial charge < -0.3 is 19.8 Å². The van der Waals surface area contributed by atoms with Crippen LogP contribution in [0.25, 0.3) is 11.1 Å². The van der Waals surface area contributed by atoms with Gasteiger partial charge in [-0.3, -0.25) is 4.98 Å². The maximum absolute atomic E-state index is 5.47.